The number of methoxy groups -OCH3 is 1. The predicted octanol–water partition coefficient (Wildman–Crippen LogP) is 4.70. The van der Waals surface area contributed by atoms with Crippen LogP contribution in [0.5, 0.6) is 5.75 Å². The number of benzene rings is 1. The molecule has 1 fully saturated rings. The highest BCUT2D eigenvalue weighted by Crippen LogP contribution is 2.42. The highest BCUT2D eigenvalue weighted by atomic mass is 16.5. The third-order valence-electron chi connectivity index (χ3n) is 4.76. The van der Waals surface area contributed by atoms with Gasteiger partial charge in [-0.05, 0) is 43.6 Å². The smallest absolute Gasteiger partial charge is 0.123 e. The number of hydrogen-bond acceptors (Lipinski definition) is 2. The molecule has 118 valence electrons. The van der Waals surface area contributed by atoms with Crippen molar-refractivity contribution in [2.24, 2.45) is 11.3 Å². The Morgan fingerprint density at radius 2 is 1.95 bits per heavy atom. The fraction of sp³-hybridized carbons (Fsp3) is 0.684. The Kier molecular flexibility index (Phi) is 5.69. The van der Waals surface area contributed by atoms with Crippen molar-refractivity contribution in [2.45, 2.75) is 59.4 Å². The van der Waals surface area contributed by atoms with Gasteiger partial charge in [-0.1, -0.05) is 44.4 Å². The van der Waals surface area contributed by atoms with Crippen LogP contribution in [0.15, 0.2) is 18.2 Å². The van der Waals surface area contributed by atoms with E-state index in [-0.39, 0.29) is 0 Å². The second-order valence-electron chi connectivity index (χ2n) is 7.22. The van der Waals surface area contributed by atoms with Crippen LogP contribution in [0.1, 0.15) is 57.1 Å². The van der Waals surface area contributed by atoms with E-state index in [1.807, 2.05) is 0 Å². The molecule has 0 bridgehead atoms. The molecule has 2 heteroatoms. The lowest BCUT2D eigenvalue weighted by molar-refractivity contribution is 0.223. The maximum absolute atomic E-state index is 5.47. The van der Waals surface area contributed by atoms with E-state index in [4.69, 9.17) is 4.74 Å². The number of hydrogen-bond donors (Lipinski definition) is 1. The lowest BCUT2D eigenvalue weighted by Crippen LogP contribution is -2.33. The first-order valence-corrected chi connectivity index (χ1v) is 8.39. The van der Waals surface area contributed by atoms with Gasteiger partial charge in [-0.2, -0.15) is 0 Å². The van der Waals surface area contributed by atoms with Crippen molar-refractivity contribution in [1.82, 2.24) is 5.32 Å². The van der Waals surface area contributed by atoms with E-state index in [9.17, 15) is 0 Å². The van der Waals surface area contributed by atoms with E-state index in [1.54, 1.807) is 7.11 Å². The number of ether oxygens (including phenoxy) is 1. The molecule has 1 saturated carbocycles. The van der Waals surface area contributed by atoms with E-state index in [0.717, 1.165) is 24.8 Å². The fourth-order valence-corrected chi connectivity index (χ4v) is 3.95. The summed E-state index contributed by atoms with van der Waals surface area (Å²) in [6.45, 7) is 8.89. The third-order valence-corrected chi connectivity index (χ3v) is 4.76. The summed E-state index contributed by atoms with van der Waals surface area (Å²) in [5, 5.41) is 3.71. The summed E-state index contributed by atoms with van der Waals surface area (Å²) < 4.78 is 5.47. The maximum Gasteiger partial charge on any atom is 0.123 e. The summed E-state index contributed by atoms with van der Waals surface area (Å²) in [5.74, 6) is 1.79. The zero-order chi connectivity index (χ0) is 15.3. The molecular weight excluding hydrogens is 258 g/mol. The second-order valence-corrected chi connectivity index (χ2v) is 7.22. The van der Waals surface area contributed by atoms with Crippen LogP contribution in [-0.2, 0) is 6.54 Å². The summed E-state index contributed by atoms with van der Waals surface area (Å²) in [4.78, 5) is 0. The first-order chi connectivity index (χ1) is 10.0. The molecule has 21 heavy (non-hydrogen) atoms. The predicted molar refractivity (Wildman–Crippen MR) is 89.8 cm³/mol. The van der Waals surface area contributed by atoms with Gasteiger partial charge in [0, 0.05) is 18.7 Å². The van der Waals surface area contributed by atoms with E-state index in [1.165, 1.54) is 43.2 Å². The Labute approximate surface area is 130 Å². The Hall–Kier alpha value is -1.02. The summed E-state index contributed by atoms with van der Waals surface area (Å²) in [5.41, 5.74) is 3.10. The SMILES string of the molecule is COc1ccc(C)cc1CNCC1(CC(C)C)CCCC1. The first kappa shape index (κ1) is 16.4. The minimum Gasteiger partial charge on any atom is -0.496 e. The third kappa shape index (κ3) is 4.47. The van der Waals surface area contributed by atoms with Gasteiger partial charge in [-0.15, -0.1) is 0 Å². The molecule has 0 aliphatic heterocycles. The molecule has 0 atom stereocenters. The van der Waals surface area contributed by atoms with Crippen molar-refractivity contribution in [3.63, 3.8) is 0 Å². The molecule has 1 N–H and O–H groups in total. The normalized spacial score (nSPS) is 17.4. The minimum atomic E-state index is 0.533. The summed E-state index contributed by atoms with van der Waals surface area (Å²) >= 11 is 0. The van der Waals surface area contributed by atoms with Gasteiger partial charge in [-0.25, -0.2) is 0 Å². The minimum absolute atomic E-state index is 0.533. The summed E-state index contributed by atoms with van der Waals surface area (Å²) in [7, 11) is 1.76. The molecule has 2 nitrogen and oxygen atoms in total. The molecule has 1 aromatic carbocycles. The fourth-order valence-electron chi connectivity index (χ4n) is 3.95. The number of aryl methyl sites for hydroxylation is 1. The Morgan fingerprint density at radius 1 is 1.24 bits per heavy atom. The van der Waals surface area contributed by atoms with E-state index >= 15 is 0 Å². The van der Waals surface area contributed by atoms with Gasteiger partial charge in [0.1, 0.15) is 5.75 Å². The van der Waals surface area contributed by atoms with Crippen LogP contribution in [-0.4, -0.2) is 13.7 Å². The van der Waals surface area contributed by atoms with Crippen LogP contribution in [0.2, 0.25) is 0 Å². The van der Waals surface area contributed by atoms with Crippen LogP contribution < -0.4 is 10.1 Å². The van der Waals surface area contributed by atoms with Crippen molar-refractivity contribution in [1.29, 1.82) is 0 Å². The van der Waals surface area contributed by atoms with Crippen LogP contribution in [0, 0.1) is 18.3 Å². The summed E-state index contributed by atoms with van der Waals surface area (Å²) in [6, 6.07) is 6.42. The average molecular weight is 289 g/mol. The molecule has 0 heterocycles. The van der Waals surface area contributed by atoms with Crippen LogP contribution in [0.3, 0.4) is 0 Å². The molecule has 0 spiro atoms. The van der Waals surface area contributed by atoms with Crippen molar-refractivity contribution < 1.29 is 4.74 Å². The number of rotatable bonds is 7. The lowest BCUT2D eigenvalue weighted by Gasteiger charge is -2.31. The van der Waals surface area contributed by atoms with Crippen LogP contribution >= 0.6 is 0 Å². The standard InChI is InChI=1S/C19H31NO/c1-15(2)12-19(9-5-6-10-19)14-20-13-17-11-16(3)7-8-18(17)21-4/h7-8,11,15,20H,5-6,9-10,12-14H2,1-4H3. The van der Waals surface area contributed by atoms with Gasteiger partial charge in [0.25, 0.3) is 0 Å². The molecule has 0 unspecified atom stereocenters. The Morgan fingerprint density at radius 3 is 2.57 bits per heavy atom. The van der Waals surface area contributed by atoms with Crippen LogP contribution in [0.25, 0.3) is 0 Å². The Balaban J connectivity index is 1.95. The van der Waals surface area contributed by atoms with E-state index in [0.29, 0.717) is 5.41 Å². The van der Waals surface area contributed by atoms with E-state index in [2.05, 4.69) is 44.3 Å². The van der Waals surface area contributed by atoms with E-state index < -0.39 is 0 Å². The molecule has 0 radical (unpaired) electrons. The molecule has 0 saturated heterocycles. The molecule has 1 aliphatic rings. The first-order valence-electron chi connectivity index (χ1n) is 8.39. The van der Waals surface area contributed by atoms with Crippen LogP contribution in [0.4, 0.5) is 0 Å². The Bertz CT molecular complexity index is 447. The zero-order valence-corrected chi connectivity index (χ0v) is 14.2. The largest absolute Gasteiger partial charge is 0.496 e. The highest BCUT2D eigenvalue weighted by Gasteiger charge is 2.33. The van der Waals surface area contributed by atoms with Gasteiger partial charge in [0.15, 0.2) is 0 Å². The quantitative estimate of drug-likeness (QED) is 0.785. The topological polar surface area (TPSA) is 21.3 Å². The monoisotopic (exact) mass is 289 g/mol. The van der Waals surface area contributed by atoms with Crippen molar-refractivity contribution in [2.75, 3.05) is 13.7 Å². The molecule has 1 aliphatic carbocycles. The van der Waals surface area contributed by atoms with Crippen molar-refractivity contribution >= 4 is 0 Å². The molecular formula is C19H31NO. The van der Waals surface area contributed by atoms with Gasteiger partial charge >= 0.3 is 0 Å². The van der Waals surface area contributed by atoms with Crippen molar-refractivity contribution in [3.8, 4) is 5.75 Å². The van der Waals surface area contributed by atoms with Gasteiger partial charge in [0.05, 0.1) is 7.11 Å². The molecule has 0 amide bonds. The number of nitrogens with one attached hydrogen (secondary N) is 1. The van der Waals surface area contributed by atoms with Gasteiger partial charge in [0.2, 0.25) is 0 Å². The maximum atomic E-state index is 5.47. The highest BCUT2D eigenvalue weighted by molar-refractivity contribution is 5.36. The summed E-state index contributed by atoms with van der Waals surface area (Å²) in [6.07, 6.45) is 6.95. The zero-order valence-electron chi connectivity index (χ0n) is 14.2. The van der Waals surface area contributed by atoms with Gasteiger partial charge < -0.3 is 10.1 Å². The molecule has 2 rings (SSSR count). The van der Waals surface area contributed by atoms with Gasteiger partial charge in [-0.3, -0.25) is 0 Å². The molecule has 0 aromatic heterocycles. The average Bonchev–Trinajstić information content (AvgIpc) is 2.87. The second kappa shape index (κ2) is 7.31. The molecule has 1 aromatic rings. The lowest BCUT2D eigenvalue weighted by atomic mass is 9.78. The van der Waals surface area contributed by atoms with Crippen molar-refractivity contribution in [3.05, 3.63) is 29.3 Å².